The normalized spacial score (nSPS) is 22.9. The molecule has 0 unspecified atom stereocenters. The Morgan fingerprint density at radius 3 is 2.50 bits per heavy atom. The van der Waals surface area contributed by atoms with Crippen molar-refractivity contribution in [3.8, 4) is 0 Å². The lowest BCUT2D eigenvalue weighted by Crippen LogP contribution is -2.32. The molecule has 1 aromatic carbocycles. The summed E-state index contributed by atoms with van der Waals surface area (Å²) < 4.78 is 0. The second-order valence-electron chi connectivity index (χ2n) is 6.46. The Balaban J connectivity index is 0.00000104. The number of carbonyl (C=O) groups excluding carboxylic acids is 1. The van der Waals surface area contributed by atoms with Crippen LogP contribution in [-0.4, -0.2) is 42.0 Å². The highest BCUT2D eigenvalue weighted by atomic mass is 35.5. The van der Waals surface area contributed by atoms with Crippen molar-refractivity contribution in [1.82, 2.24) is 15.2 Å². The Hall–Kier alpha value is -1.36. The summed E-state index contributed by atoms with van der Waals surface area (Å²) in [5, 5.41) is 4.51. The molecule has 0 bridgehead atoms. The maximum atomic E-state index is 12.8. The van der Waals surface area contributed by atoms with Gasteiger partial charge < -0.3 is 10.2 Å². The molecule has 2 aliphatic rings. The van der Waals surface area contributed by atoms with Crippen molar-refractivity contribution in [2.75, 3.05) is 26.2 Å². The van der Waals surface area contributed by atoms with Gasteiger partial charge in [0.05, 0.1) is 5.52 Å². The summed E-state index contributed by atoms with van der Waals surface area (Å²) in [5.74, 6) is 1.66. The molecule has 0 aliphatic carbocycles. The van der Waals surface area contributed by atoms with Crippen LogP contribution < -0.4 is 5.32 Å². The van der Waals surface area contributed by atoms with E-state index in [0.29, 0.717) is 0 Å². The van der Waals surface area contributed by atoms with E-state index < -0.39 is 0 Å². The maximum Gasteiger partial charge on any atom is 0.253 e. The van der Waals surface area contributed by atoms with Crippen LogP contribution in [0.1, 0.15) is 23.2 Å². The molecule has 24 heavy (non-hydrogen) atoms. The highest BCUT2D eigenvalue weighted by Crippen LogP contribution is 2.28. The van der Waals surface area contributed by atoms with Gasteiger partial charge in [-0.1, -0.05) is 6.07 Å². The van der Waals surface area contributed by atoms with Crippen LogP contribution >= 0.6 is 24.8 Å². The number of hydrogen-bond acceptors (Lipinski definition) is 3. The van der Waals surface area contributed by atoms with E-state index >= 15 is 0 Å². The zero-order chi connectivity index (χ0) is 14.9. The van der Waals surface area contributed by atoms with Gasteiger partial charge in [-0.05, 0) is 62.0 Å². The number of hydrogen-bond donors (Lipinski definition) is 1. The topological polar surface area (TPSA) is 45.2 Å². The zero-order valence-electron chi connectivity index (χ0n) is 13.5. The van der Waals surface area contributed by atoms with Crippen LogP contribution in [0, 0.1) is 11.8 Å². The second-order valence-corrected chi connectivity index (χ2v) is 6.46. The first-order chi connectivity index (χ1) is 10.8. The lowest BCUT2D eigenvalue weighted by atomic mass is 9.92. The average Bonchev–Trinajstić information content (AvgIpc) is 2.92. The summed E-state index contributed by atoms with van der Waals surface area (Å²) in [5.41, 5.74) is 1.72. The van der Waals surface area contributed by atoms with Gasteiger partial charge >= 0.3 is 0 Å². The molecule has 1 aromatic heterocycles. The summed E-state index contributed by atoms with van der Waals surface area (Å²) in [6.07, 6.45) is 4.03. The van der Waals surface area contributed by atoms with Crippen molar-refractivity contribution in [1.29, 1.82) is 0 Å². The van der Waals surface area contributed by atoms with Crippen molar-refractivity contribution < 1.29 is 4.79 Å². The molecule has 0 spiro atoms. The smallest absolute Gasteiger partial charge is 0.253 e. The minimum Gasteiger partial charge on any atom is -0.339 e. The zero-order valence-corrected chi connectivity index (χ0v) is 15.1. The van der Waals surface area contributed by atoms with E-state index in [1.165, 1.54) is 0 Å². The average molecular weight is 368 g/mol. The third kappa shape index (κ3) is 3.66. The number of benzene rings is 1. The third-order valence-electron chi connectivity index (χ3n) is 5.16. The van der Waals surface area contributed by atoms with Crippen molar-refractivity contribution >= 4 is 41.6 Å². The van der Waals surface area contributed by atoms with Crippen LogP contribution in [0.15, 0.2) is 36.5 Å². The van der Waals surface area contributed by atoms with Crippen LogP contribution in [-0.2, 0) is 0 Å². The van der Waals surface area contributed by atoms with E-state index in [4.69, 9.17) is 0 Å². The highest BCUT2D eigenvalue weighted by Gasteiger charge is 2.31. The van der Waals surface area contributed by atoms with Gasteiger partial charge in [-0.2, -0.15) is 0 Å². The lowest BCUT2D eigenvalue weighted by molar-refractivity contribution is 0.0758. The molecule has 3 heterocycles. The third-order valence-corrected chi connectivity index (χ3v) is 5.16. The van der Waals surface area contributed by atoms with Gasteiger partial charge in [-0.3, -0.25) is 9.78 Å². The highest BCUT2D eigenvalue weighted by molar-refractivity contribution is 5.97. The molecule has 2 saturated heterocycles. The number of fused-ring (bicyclic) bond motifs is 2. The fraction of sp³-hybridized carbons (Fsp3) is 0.444. The molecule has 6 heteroatoms. The van der Waals surface area contributed by atoms with E-state index in [1.807, 2.05) is 35.2 Å². The molecule has 1 amide bonds. The maximum absolute atomic E-state index is 12.8. The van der Waals surface area contributed by atoms with Gasteiger partial charge in [-0.25, -0.2) is 0 Å². The summed E-state index contributed by atoms with van der Waals surface area (Å²) in [4.78, 5) is 19.2. The van der Waals surface area contributed by atoms with Crippen LogP contribution in [0.2, 0.25) is 0 Å². The quantitative estimate of drug-likeness (QED) is 0.841. The van der Waals surface area contributed by atoms with Gasteiger partial charge in [0.25, 0.3) is 5.91 Å². The second kappa shape index (κ2) is 8.15. The van der Waals surface area contributed by atoms with Gasteiger partial charge in [0.2, 0.25) is 0 Å². The molecular weight excluding hydrogens is 345 g/mol. The molecule has 2 aliphatic heterocycles. The Morgan fingerprint density at radius 1 is 1.08 bits per heavy atom. The van der Waals surface area contributed by atoms with Gasteiger partial charge in [0, 0.05) is 30.2 Å². The van der Waals surface area contributed by atoms with E-state index in [1.54, 1.807) is 6.20 Å². The van der Waals surface area contributed by atoms with Crippen molar-refractivity contribution in [3.05, 3.63) is 42.1 Å². The number of carbonyl (C=O) groups is 1. The van der Waals surface area contributed by atoms with Crippen LogP contribution in [0.25, 0.3) is 10.9 Å². The predicted molar refractivity (Wildman–Crippen MR) is 101 cm³/mol. The number of pyridine rings is 1. The first kappa shape index (κ1) is 19.0. The first-order valence-electron chi connectivity index (χ1n) is 8.16. The summed E-state index contributed by atoms with van der Waals surface area (Å²) in [6.45, 7) is 4.00. The summed E-state index contributed by atoms with van der Waals surface area (Å²) in [7, 11) is 0. The van der Waals surface area contributed by atoms with Gasteiger partial charge in [0.1, 0.15) is 0 Å². The molecule has 2 atom stereocenters. The Kier molecular flexibility index (Phi) is 6.44. The van der Waals surface area contributed by atoms with Crippen molar-refractivity contribution in [3.63, 3.8) is 0 Å². The Labute approximate surface area is 154 Å². The number of nitrogens with zero attached hydrogens (tertiary/aromatic N) is 2. The monoisotopic (exact) mass is 367 g/mol. The van der Waals surface area contributed by atoms with E-state index in [2.05, 4.69) is 10.3 Å². The summed E-state index contributed by atoms with van der Waals surface area (Å²) in [6, 6.07) is 9.75. The largest absolute Gasteiger partial charge is 0.339 e. The summed E-state index contributed by atoms with van der Waals surface area (Å²) >= 11 is 0. The molecule has 0 saturated carbocycles. The van der Waals surface area contributed by atoms with Crippen molar-refractivity contribution in [2.45, 2.75) is 12.8 Å². The van der Waals surface area contributed by atoms with Crippen LogP contribution in [0.4, 0.5) is 0 Å². The van der Waals surface area contributed by atoms with Crippen LogP contribution in [0.3, 0.4) is 0 Å². The minimum atomic E-state index is 0. The fourth-order valence-corrected chi connectivity index (χ4v) is 3.81. The fourth-order valence-electron chi connectivity index (χ4n) is 3.81. The first-order valence-corrected chi connectivity index (χ1v) is 8.16. The Morgan fingerprint density at radius 2 is 1.79 bits per heavy atom. The lowest BCUT2D eigenvalue weighted by Gasteiger charge is -2.21. The number of rotatable bonds is 1. The number of nitrogens with one attached hydrogen (secondary N) is 1. The molecule has 130 valence electrons. The standard InChI is InChI=1S/C18H21N3O.2ClH/c22-18(14-3-4-17-13(10-14)2-1-7-20-17)21-8-5-15-11-19-12-16(15)6-9-21;;/h1-4,7,10,15-16,19H,5-6,8-9,11-12H2;2*1H/t15-,16+;;. The number of likely N-dealkylation sites (tertiary alicyclic amines) is 1. The molecule has 2 aromatic rings. The molecule has 4 rings (SSSR count). The van der Waals surface area contributed by atoms with Crippen molar-refractivity contribution in [2.24, 2.45) is 11.8 Å². The Bertz CT molecular complexity index is 695. The molecule has 1 N–H and O–H groups in total. The number of amides is 1. The van der Waals surface area contributed by atoms with E-state index in [0.717, 1.165) is 67.3 Å². The van der Waals surface area contributed by atoms with Gasteiger partial charge in [0.15, 0.2) is 0 Å². The minimum absolute atomic E-state index is 0. The SMILES string of the molecule is Cl.Cl.O=C(c1ccc2ncccc2c1)N1CC[C@@H]2CNC[C@@H]2CC1. The van der Waals surface area contributed by atoms with E-state index in [-0.39, 0.29) is 30.7 Å². The number of halogens is 2. The predicted octanol–water partition coefficient (Wildman–Crippen LogP) is 3.15. The van der Waals surface area contributed by atoms with Gasteiger partial charge in [-0.15, -0.1) is 24.8 Å². The molecule has 0 radical (unpaired) electrons. The number of aromatic nitrogens is 1. The molecule has 4 nitrogen and oxygen atoms in total. The van der Waals surface area contributed by atoms with Crippen LogP contribution in [0.5, 0.6) is 0 Å². The molecular formula is C18H23Cl2N3O. The molecule has 2 fully saturated rings. The van der Waals surface area contributed by atoms with E-state index in [9.17, 15) is 4.79 Å².